The number of thioether (sulfide) groups is 1. The summed E-state index contributed by atoms with van der Waals surface area (Å²) in [5, 5.41) is 5.29. The molecular formula is C11H11ClN2S2. The number of nitrogens with zero attached hydrogens (tertiary/aromatic N) is 1. The lowest BCUT2D eigenvalue weighted by atomic mass is 10.3. The van der Waals surface area contributed by atoms with E-state index in [1.54, 1.807) is 11.3 Å². The number of fused-ring (bicyclic) bond motifs is 1. The van der Waals surface area contributed by atoms with Crippen molar-refractivity contribution in [3.05, 3.63) is 23.2 Å². The fourth-order valence-electron chi connectivity index (χ4n) is 1.78. The molecule has 2 heterocycles. The number of thiazole rings is 1. The molecule has 1 saturated heterocycles. The molecule has 84 valence electrons. The van der Waals surface area contributed by atoms with E-state index in [1.807, 2.05) is 30.0 Å². The maximum atomic E-state index is 5.95. The second-order valence-corrected chi connectivity index (χ2v) is 6.45. The van der Waals surface area contributed by atoms with Crippen molar-refractivity contribution in [1.82, 2.24) is 4.98 Å². The highest BCUT2D eigenvalue weighted by atomic mass is 35.5. The first-order valence-corrected chi connectivity index (χ1v) is 7.56. The zero-order valence-corrected chi connectivity index (χ0v) is 11.0. The van der Waals surface area contributed by atoms with Gasteiger partial charge in [0.2, 0.25) is 0 Å². The third-order valence-electron chi connectivity index (χ3n) is 2.61. The highest BCUT2D eigenvalue weighted by Crippen LogP contribution is 2.30. The molecule has 1 aromatic heterocycles. The van der Waals surface area contributed by atoms with Crippen LogP contribution in [0.15, 0.2) is 18.2 Å². The summed E-state index contributed by atoms with van der Waals surface area (Å²) in [6, 6.07) is 6.42. The van der Waals surface area contributed by atoms with E-state index in [-0.39, 0.29) is 0 Å². The van der Waals surface area contributed by atoms with Gasteiger partial charge in [-0.1, -0.05) is 22.9 Å². The summed E-state index contributed by atoms with van der Waals surface area (Å²) in [5.41, 5.74) is 1.03. The van der Waals surface area contributed by atoms with Crippen LogP contribution in [0.5, 0.6) is 0 Å². The Balaban J connectivity index is 1.86. The quantitative estimate of drug-likeness (QED) is 0.897. The summed E-state index contributed by atoms with van der Waals surface area (Å²) >= 11 is 9.64. The van der Waals surface area contributed by atoms with E-state index in [0.717, 1.165) is 20.4 Å². The van der Waals surface area contributed by atoms with Crippen molar-refractivity contribution in [2.75, 3.05) is 16.8 Å². The molecule has 0 aliphatic carbocycles. The van der Waals surface area contributed by atoms with Crippen LogP contribution >= 0.6 is 34.7 Å². The molecule has 1 aliphatic heterocycles. The van der Waals surface area contributed by atoms with Crippen molar-refractivity contribution >= 4 is 50.0 Å². The van der Waals surface area contributed by atoms with Gasteiger partial charge in [-0.3, -0.25) is 0 Å². The average molecular weight is 271 g/mol. The first-order valence-electron chi connectivity index (χ1n) is 5.21. The molecule has 5 heteroatoms. The smallest absolute Gasteiger partial charge is 0.184 e. The predicted octanol–water partition coefficient (Wildman–Crippen LogP) is 3.87. The molecule has 1 atom stereocenters. The van der Waals surface area contributed by atoms with Crippen molar-refractivity contribution in [2.45, 2.75) is 12.5 Å². The molecule has 1 aromatic carbocycles. The zero-order chi connectivity index (χ0) is 11.0. The molecule has 0 saturated carbocycles. The molecule has 16 heavy (non-hydrogen) atoms. The fourth-order valence-corrected chi connectivity index (χ4v) is 4.15. The monoisotopic (exact) mass is 270 g/mol. The van der Waals surface area contributed by atoms with E-state index >= 15 is 0 Å². The molecule has 0 radical (unpaired) electrons. The number of halogens is 1. The van der Waals surface area contributed by atoms with Crippen LogP contribution in [0.2, 0.25) is 5.02 Å². The molecule has 3 rings (SSSR count). The van der Waals surface area contributed by atoms with E-state index in [9.17, 15) is 0 Å². The van der Waals surface area contributed by atoms with E-state index < -0.39 is 0 Å². The lowest BCUT2D eigenvalue weighted by molar-refractivity contribution is 0.812. The van der Waals surface area contributed by atoms with Crippen LogP contribution in [0.1, 0.15) is 6.42 Å². The zero-order valence-electron chi connectivity index (χ0n) is 8.57. The van der Waals surface area contributed by atoms with Crippen LogP contribution in [-0.2, 0) is 0 Å². The maximum absolute atomic E-state index is 5.95. The molecule has 2 aromatic rings. The second kappa shape index (κ2) is 4.43. The fraction of sp³-hybridized carbons (Fsp3) is 0.364. The van der Waals surface area contributed by atoms with Crippen LogP contribution in [0, 0.1) is 0 Å². The van der Waals surface area contributed by atoms with Crippen LogP contribution in [0.4, 0.5) is 5.13 Å². The first kappa shape index (κ1) is 10.7. The maximum Gasteiger partial charge on any atom is 0.184 e. The molecule has 2 nitrogen and oxygen atoms in total. The SMILES string of the molecule is Clc1ccc2nc(NC3CCSC3)sc2c1. The Morgan fingerprint density at radius 3 is 3.19 bits per heavy atom. The summed E-state index contributed by atoms with van der Waals surface area (Å²) < 4.78 is 1.15. The van der Waals surface area contributed by atoms with Crippen molar-refractivity contribution in [2.24, 2.45) is 0 Å². The normalized spacial score (nSPS) is 20.4. The van der Waals surface area contributed by atoms with Gasteiger partial charge in [0.15, 0.2) is 5.13 Å². The van der Waals surface area contributed by atoms with Gasteiger partial charge in [0.1, 0.15) is 0 Å². The van der Waals surface area contributed by atoms with Crippen LogP contribution < -0.4 is 5.32 Å². The van der Waals surface area contributed by atoms with Gasteiger partial charge in [-0.2, -0.15) is 11.8 Å². The van der Waals surface area contributed by atoms with Crippen molar-refractivity contribution in [3.63, 3.8) is 0 Å². The molecule has 1 unspecified atom stereocenters. The van der Waals surface area contributed by atoms with Crippen molar-refractivity contribution < 1.29 is 0 Å². The lowest BCUT2D eigenvalue weighted by Gasteiger charge is -2.08. The van der Waals surface area contributed by atoms with Gasteiger partial charge in [-0.05, 0) is 30.4 Å². The van der Waals surface area contributed by atoms with E-state index in [0.29, 0.717) is 6.04 Å². The minimum atomic E-state index is 0.584. The minimum absolute atomic E-state index is 0.584. The Kier molecular flexibility index (Phi) is 2.96. The first-order chi connectivity index (χ1) is 7.81. The van der Waals surface area contributed by atoms with Gasteiger partial charge in [0.05, 0.1) is 10.2 Å². The Hall–Kier alpha value is -0.450. The minimum Gasteiger partial charge on any atom is -0.358 e. The summed E-state index contributed by atoms with van der Waals surface area (Å²) in [6.07, 6.45) is 1.24. The van der Waals surface area contributed by atoms with Gasteiger partial charge < -0.3 is 5.32 Å². The lowest BCUT2D eigenvalue weighted by Crippen LogP contribution is -2.17. The summed E-state index contributed by atoms with van der Waals surface area (Å²) in [6.45, 7) is 0. The largest absolute Gasteiger partial charge is 0.358 e. The number of hydrogen-bond donors (Lipinski definition) is 1. The van der Waals surface area contributed by atoms with E-state index in [1.165, 1.54) is 17.9 Å². The number of benzene rings is 1. The van der Waals surface area contributed by atoms with E-state index in [4.69, 9.17) is 11.6 Å². The molecule has 1 N–H and O–H groups in total. The highest BCUT2D eigenvalue weighted by Gasteiger charge is 2.16. The highest BCUT2D eigenvalue weighted by molar-refractivity contribution is 7.99. The molecule has 1 fully saturated rings. The van der Waals surface area contributed by atoms with Crippen molar-refractivity contribution in [1.29, 1.82) is 0 Å². The van der Waals surface area contributed by atoms with Crippen LogP contribution in [-0.4, -0.2) is 22.5 Å². The van der Waals surface area contributed by atoms with Gasteiger partial charge >= 0.3 is 0 Å². The van der Waals surface area contributed by atoms with Gasteiger partial charge in [0.25, 0.3) is 0 Å². The second-order valence-electron chi connectivity index (χ2n) is 3.84. The molecular weight excluding hydrogens is 260 g/mol. The number of aromatic nitrogens is 1. The Morgan fingerprint density at radius 2 is 2.38 bits per heavy atom. The standard InChI is InChI=1S/C11H11ClN2S2/c12-7-1-2-9-10(5-7)16-11(14-9)13-8-3-4-15-6-8/h1-2,5,8H,3-4,6H2,(H,13,14). The predicted molar refractivity (Wildman–Crippen MR) is 74.0 cm³/mol. The Labute approximate surface area is 107 Å². The third kappa shape index (κ3) is 2.14. The Morgan fingerprint density at radius 1 is 1.44 bits per heavy atom. The molecule has 0 bridgehead atoms. The number of anilines is 1. The number of nitrogens with one attached hydrogen (secondary N) is 1. The average Bonchev–Trinajstić information content (AvgIpc) is 2.86. The van der Waals surface area contributed by atoms with Crippen LogP contribution in [0.25, 0.3) is 10.2 Å². The molecule has 0 spiro atoms. The number of rotatable bonds is 2. The summed E-state index contributed by atoms with van der Waals surface area (Å²) in [4.78, 5) is 4.56. The third-order valence-corrected chi connectivity index (χ3v) is 4.95. The molecule has 0 amide bonds. The van der Waals surface area contributed by atoms with E-state index in [2.05, 4.69) is 10.3 Å². The summed E-state index contributed by atoms with van der Waals surface area (Å²) in [7, 11) is 0. The summed E-state index contributed by atoms with van der Waals surface area (Å²) in [5.74, 6) is 2.45. The topological polar surface area (TPSA) is 24.9 Å². The van der Waals surface area contributed by atoms with Crippen molar-refractivity contribution in [3.8, 4) is 0 Å². The van der Waals surface area contributed by atoms with Gasteiger partial charge in [-0.25, -0.2) is 4.98 Å². The molecule has 1 aliphatic rings. The number of hydrogen-bond acceptors (Lipinski definition) is 4. The van der Waals surface area contributed by atoms with Crippen LogP contribution in [0.3, 0.4) is 0 Å². The Bertz CT molecular complexity index is 506. The van der Waals surface area contributed by atoms with Gasteiger partial charge in [0, 0.05) is 16.8 Å². The van der Waals surface area contributed by atoms with Gasteiger partial charge in [-0.15, -0.1) is 0 Å².